The molecule has 0 spiro atoms. The molecule has 1 aromatic carbocycles. The molecule has 0 aliphatic rings. The number of aromatic nitrogens is 5. The summed E-state index contributed by atoms with van der Waals surface area (Å²) in [4.78, 5) is 8.45. The van der Waals surface area contributed by atoms with Gasteiger partial charge in [-0.05, 0) is 42.6 Å². The molecule has 2 aromatic heterocycles. The van der Waals surface area contributed by atoms with Crippen molar-refractivity contribution in [3.05, 3.63) is 44.8 Å². The van der Waals surface area contributed by atoms with Gasteiger partial charge in [0, 0.05) is 10.0 Å². The lowest BCUT2D eigenvalue weighted by Crippen LogP contribution is -2.10. The van der Waals surface area contributed by atoms with Crippen molar-refractivity contribution in [2.45, 2.75) is 26.3 Å². The first-order chi connectivity index (χ1) is 10.5. The summed E-state index contributed by atoms with van der Waals surface area (Å²) < 4.78 is 1.69. The maximum Gasteiger partial charge on any atom is 0.224 e. The topological polar surface area (TPSA) is 56.5 Å². The molecule has 2 heterocycles. The third-order valence-corrected chi connectivity index (χ3v) is 4.21. The molecule has 0 N–H and O–H groups in total. The molecular weight excluding hydrogens is 345 g/mol. The number of nitrogens with zero attached hydrogens (tertiary/aromatic N) is 5. The Bertz CT molecular complexity index is 846. The molecule has 0 radical (unpaired) electrons. The van der Waals surface area contributed by atoms with Crippen molar-refractivity contribution in [3.63, 3.8) is 0 Å². The zero-order valence-electron chi connectivity index (χ0n) is 11.9. The van der Waals surface area contributed by atoms with Gasteiger partial charge >= 0.3 is 0 Å². The highest BCUT2D eigenvalue weighted by Crippen LogP contribution is 2.30. The molecule has 3 aromatic rings. The Hall–Kier alpha value is -1.43. The van der Waals surface area contributed by atoms with Gasteiger partial charge in [0.15, 0.2) is 11.2 Å². The van der Waals surface area contributed by atoms with Gasteiger partial charge in [-0.3, -0.25) is 0 Å². The second-order valence-corrected chi connectivity index (χ2v) is 6.02. The molecule has 3 rings (SSSR count). The van der Waals surface area contributed by atoms with Crippen molar-refractivity contribution in [1.29, 1.82) is 0 Å². The number of hydrogen-bond acceptors (Lipinski definition) is 4. The molecule has 8 heteroatoms. The van der Waals surface area contributed by atoms with Crippen molar-refractivity contribution in [3.8, 4) is 0 Å². The van der Waals surface area contributed by atoms with Crippen molar-refractivity contribution in [1.82, 2.24) is 25.0 Å². The predicted molar refractivity (Wildman–Crippen MR) is 87.8 cm³/mol. The van der Waals surface area contributed by atoms with Crippen molar-refractivity contribution in [2.75, 3.05) is 0 Å². The number of aryl methyl sites for hydroxylation is 1. The standard InChI is InChI=1S/C14H12Cl3N5/c1-3-11-12-13(19-14(17)18-11)22(21-20-12)7(2)9-5-4-8(15)6-10(9)16/h4-7H,3H2,1-2H3/t7-/m1/s1. The summed E-state index contributed by atoms with van der Waals surface area (Å²) in [5.41, 5.74) is 2.90. The lowest BCUT2D eigenvalue weighted by molar-refractivity contribution is 0.556. The quantitative estimate of drug-likeness (QED) is 0.655. The van der Waals surface area contributed by atoms with Crippen LogP contribution in [0.3, 0.4) is 0 Å². The maximum absolute atomic E-state index is 6.28. The van der Waals surface area contributed by atoms with E-state index in [0.717, 1.165) is 11.3 Å². The fourth-order valence-electron chi connectivity index (χ4n) is 2.34. The highest BCUT2D eigenvalue weighted by molar-refractivity contribution is 6.35. The molecule has 0 bridgehead atoms. The van der Waals surface area contributed by atoms with Crippen LogP contribution in [0.2, 0.25) is 15.3 Å². The second kappa shape index (κ2) is 5.99. The SMILES string of the molecule is CCc1nc(Cl)nc2c1nnn2[C@H](C)c1ccc(Cl)cc1Cl. The molecule has 0 saturated carbocycles. The van der Waals surface area contributed by atoms with Crippen LogP contribution in [0, 0.1) is 0 Å². The Morgan fingerprint density at radius 1 is 1.18 bits per heavy atom. The average molecular weight is 357 g/mol. The van der Waals surface area contributed by atoms with Gasteiger partial charge in [-0.25, -0.2) is 9.67 Å². The summed E-state index contributed by atoms with van der Waals surface area (Å²) >= 11 is 18.2. The van der Waals surface area contributed by atoms with Crippen LogP contribution in [0.5, 0.6) is 0 Å². The van der Waals surface area contributed by atoms with E-state index < -0.39 is 0 Å². The lowest BCUT2D eigenvalue weighted by atomic mass is 10.1. The number of fused-ring (bicyclic) bond motifs is 1. The van der Waals surface area contributed by atoms with Gasteiger partial charge in [0.2, 0.25) is 5.28 Å². The number of benzene rings is 1. The summed E-state index contributed by atoms with van der Waals surface area (Å²) in [7, 11) is 0. The van der Waals surface area contributed by atoms with E-state index in [9.17, 15) is 0 Å². The van der Waals surface area contributed by atoms with E-state index >= 15 is 0 Å². The lowest BCUT2D eigenvalue weighted by Gasteiger charge is -2.14. The van der Waals surface area contributed by atoms with Gasteiger partial charge in [0.25, 0.3) is 0 Å². The van der Waals surface area contributed by atoms with Gasteiger partial charge in [-0.15, -0.1) is 5.10 Å². The smallest absolute Gasteiger partial charge is 0.221 e. The van der Waals surface area contributed by atoms with Crippen LogP contribution in [0.25, 0.3) is 11.2 Å². The van der Waals surface area contributed by atoms with E-state index in [1.54, 1.807) is 16.8 Å². The minimum absolute atomic E-state index is 0.162. The van der Waals surface area contributed by atoms with E-state index in [-0.39, 0.29) is 11.3 Å². The summed E-state index contributed by atoms with van der Waals surface area (Å²) in [5.74, 6) is 0. The Morgan fingerprint density at radius 3 is 2.64 bits per heavy atom. The molecule has 0 amide bonds. The van der Waals surface area contributed by atoms with Gasteiger partial charge in [0.05, 0.1) is 11.7 Å². The van der Waals surface area contributed by atoms with Gasteiger partial charge < -0.3 is 0 Å². The Morgan fingerprint density at radius 2 is 1.95 bits per heavy atom. The first kappa shape index (κ1) is 15.5. The Balaban J connectivity index is 2.15. The Labute approximate surface area is 142 Å². The van der Waals surface area contributed by atoms with Crippen molar-refractivity contribution < 1.29 is 0 Å². The largest absolute Gasteiger partial charge is 0.224 e. The molecule has 0 aliphatic heterocycles. The summed E-state index contributed by atoms with van der Waals surface area (Å²) in [5, 5.41) is 9.72. The summed E-state index contributed by atoms with van der Waals surface area (Å²) in [6.45, 7) is 3.95. The molecule has 0 unspecified atom stereocenters. The fourth-order valence-corrected chi connectivity index (χ4v) is 3.08. The molecule has 0 aliphatic carbocycles. The zero-order valence-corrected chi connectivity index (χ0v) is 14.2. The van der Waals surface area contributed by atoms with E-state index in [0.29, 0.717) is 27.6 Å². The molecule has 22 heavy (non-hydrogen) atoms. The maximum atomic E-state index is 6.28. The highest BCUT2D eigenvalue weighted by Gasteiger charge is 2.19. The van der Waals surface area contributed by atoms with E-state index in [2.05, 4.69) is 20.3 Å². The van der Waals surface area contributed by atoms with E-state index in [1.807, 2.05) is 19.9 Å². The number of halogens is 3. The minimum Gasteiger partial charge on any atom is -0.221 e. The molecule has 1 atom stereocenters. The number of rotatable bonds is 3. The van der Waals surface area contributed by atoms with Crippen molar-refractivity contribution >= 4 is 46.0 Å². The normalized spacial score (nSPS) is 12.8. The predicted octanol–water partition coefficient (Wildman–Crippen LogP) is 4.35. The van der Waals surface area contributed by atoms with Crippen LogP contribution in [0.4, 0.5) is 0 Å². The van der Waals surface area contributed by atoms with Gasteiger partial charge in [-0.1, -0.05) is 41.4 Å². The third-order valence-electron chi connectivity index (χ3n) is 3.48. The minimum atomic E-state index is -0.162. The molecular formula is C14H12Cl3N5. The molecule has 0 fully saturated rings. The summed E-state index contributed by atoms with van der Waals surface area (Å²) in [6, 6.07) is 5.20. The van der Waals surface area contributed by atoms with Crippen LogP contribution in [0.15, 0.2) is 18.2 Å². The van der Waals surface area contributed by atoms with Crippen LogP contribution < -0.4 is 0 Å². The van der Waals surface area contributed by atoms with Crippen LogP contribution in [-0.4, -0.2) is 25.0 Å². The van der Waals surface area contributed by atoms with Crippen LogP contribution in [0.1, 0.15) is 31.1 Å². The second-order valence-electron chi connectivity index (χ2n) is 4.84. The van der Waals surface area contributed by atoms with E-state index in [1.165, 1.54) is 0 Å². The zero-order chi connectivity index (χ0) is 15.9. The van der Waals surface area contributed by atoms with Gasteiger partial charge in [-0.2, -0.15) is 4.98 Å². The fraction of sp³-hybridized carbons (Fsp3) is 0.286. The molecule has 114 valence electrons. The highest BCUT2D eigenvalue weighted by atomic mass is 35.5. The van der Waals surface area contributed by atoms with E-state index in [4.69, 9.17) is 34.8 Å². The number of hydrogen-bond donors (Lipinski definition) is 0. The molecule has 0 saturated heterocycles. The van der Waals surface area contributed by atoms with Crippen LogP contribution in [-0.2, 0) is 6.42 Å². The first-order valence-electron chi connectivity index (χ1n) is 6.73. The Kier molecular flexibility index (Phi) is 4.21. The summed E-state index contributed by atoms with van der Waals surface area (Å²) in [6.07, 6.45) is 0.702. The first-order valence-corrected chi connectivity index (χ1v) is 7.87. The third kappa shape index (κ3) is 2.64. The van der Waals surface area contributed by atoms with Gasteiger partial charge in [0.1, 0.15) is 0 Å². The monoisotopic (exact) mass is 355 g/mol. The van der Waals surface area contributed by atoms with Crippen LogP contribution >= 0.6 is 34.8 Å². The average Bonchev–Trinajstić information content (AvgIpc) is 2.89. The van der Waals surface area contributed by atoms with Crippen molar-refractivity contribution in [2.24, 2.45) is 0 Å². The molecule has 5 nitrogen and oxygen atoms in total.